The molecule has 5 nitrogen and oxygen atoms in total. The fraction of sp³-hybridized carbons (Fsp3) is 0.643. The predicted octanol–water partition coefficient (Wildman–Crippen LogP) is 1.94. The number of nitrogens with zero attached hydrogens (tertiary/aromatic N) is 1. The Hall–Kier alpha value is -1.17. The van der Waals surface area contributed by atoms with Crippen LogP contribution < -0.4 is 16.0 Å². The molecule has 0 bridgehead atoms. The van der Waals surface area contributed by atoms with Crippen LogP contribution in [0.15, 0.2) is 18.5 Å². The smallest absolute Gasteiger partial charge is 0.137 e. The number of pyridine rings is 1. The first-order valence-corrected chi connectivity index (χ1v) is 6.99. The van der Waals surface area contributed by atoms with Crippen LogP contribution >= 0.6 is 0 Å². The normalized spacial score (nSPS) is 20.4. The quantitative estimate of drug-likeness (QED) is 0.582. The van der Waals surface area contributed by atoms with Crippen molar-refractivity contribution in [1.82, 2.24) is 10.4 Å². The zero-order valence-electron chi connectivity index (χ0n) is 11.5. The molecule has 5 heteroatoms. The van der Waals surface area contributed by atoms with E-state index in [1.165, 1.54) is 6.42 Å². The number of aromatic nitrogens is 1. The lowest BCUT2D eigenvalue weighted by Gasteiger charge is -2.18. The summed E-state index contributed by atoms with van der Waals surface area (Å²) in [6, 6.07) is 2.09. The van der Waals surface area contributed by atoms with Crippen LogP contribution in [0, 0.1) is 0 Å². The van der Waals surface area contributed by atoms with E-state index >= 15 is 0 Å². The fourth-order valence-corrected chi connectivity index (χ4v) is 2.44. The topological polar surface area (TPSA) is 69.4 Å². The number of rotatable bonds is 7. The van der Waals surface area contributed by atoms with Gasteiger partial charge in [-0.3, -0.25) is 16.3 Å². The molecule has 0 amide bonds. The zero-order chi connectivity index (χ0) is 13.5. The van der Waals surface area contributed by atoms with Crippen molar-refractivity contribution in [1.29, 1.82) is 0 Å². The molecule has 0 radical (unpaired) electrons. The number of nitrogens with two attached hydrogens (primary N) is 1. The number of hydrogen-bond donors (Lipinski definition) is 2. The summed E-state index contributed by atoms with van der Waals surface area (Å²) in [4.78, 5) is 4.20. The molecular formula is C14H23N3O2. The third-order valence-corrected chi connectivity index (χ3v) is 3.45. The highest BCUT2D eigenvalue weighted by Gasteiger charge is 2.18. The largest absolute Gasteiger partial charge is 0.492 e. The molecule has 2 atom stereocenters. The van der Waals surface area contributed by atoms with Crippen molar-refractivity contribution in [2.45, 2.75) is 44.8 Å². The maximum atomic E-state index is 5.65. The molecule has 1 aromatic heterocycles. The molecule has 0 spiro atoms. The minimum Gasteiger partial charge on any atom is -0.492 e. The van der Waals surface area contributed by atoms with Gasteiger partial charge in [0.25, 0.3) is 0 Å². The monoisotopic (exact) mass is 265 g/mol. The molecule has 1 aromatic rings. The van der Waals surface area contributed by atoms with E-state index in [-0.39, 0.29) is 6.04 Å². The second-order valence-corrected chi connectivity index (χ2v) is 4.82. The molecule has 19 heavy (non-hydrogen) atoms. The van der Waals surface area contributed by atoms with Crippen LogP contribution in [0.25, 0.3) is 0 Å². The summed E-state index contributed by atoms with van der Waals surface area (Å²) in [6.45, 7) is 3.50. The molecule has 0 aromatic carbocycles. The van der Waals surface area contributed by atoms with Crippen molar-refractivity contribution in [3.05, 3.63) is 24.0 Å². The first-order valence-electron chi connectivity index (χ1n) is 6.99. The van der Waals surface area contributed by atoms with Gasteiger partial charge in [-0.05, 0) is 44.2 Å². The van der Waals surface area contributed by atoms with E-state index in [0.717, 1.165) is 37.2 Å². The Morgan fingerprint density at radius 1 is 1.58 bits per heavy atom. The van der Waals surface area contributed by atoms with Gasteiger partial charge >= 0.3 is 0 Å². The Bertz CT molecular complexity index is 381. The molecular weight excluding hydrogens is 242 g/mol. The summed E-state index contributed by atoms with van der Waals surface area (Å²) in [6.07, 6.45) is 8.25. The van der Waals surface area contributed by atoms with Crippen LogP contribution in [0.5, 0.6) is 5.75 Å². The minimum atomic E-state index is 0.0945. The maximum Gasteiger partial charge on any atom is 0.137 e. The number of ether oxygens (including phenoxy) is 2. The number of hydrazine groups is 1. The van der Waals surface area contributed by atoms with Crippen molar-refractivity contribution in [3.8, 4) is 5.75 Å². The van der Waals surface area contributed by atoms with Gasteiger partial charge in [0.1, 0.15) is 5.75 Å². The third kappa shape index (κ3) is 4.16. The first kappa shape index (κ1) is 14.2. The van der Waals surface area contributed by atoms with E-state index in [0.29, 0.717) is 12.7 Å². The van der Waals surface area contributed by atoms with E-state index in [4.69, 9.17) is 15.3 Å². The Balaban J connectivity index is 1.93. The van der Waals surface area contributed by atoms with Gasteiger partial charge in [0.05, 0.1) is 18.9 Å². The molecule has 3 N–H and O–H groups in total. The molecule has 1 fully saturated rings. The van der Waals surface area contributed by atoms with Crippen LogP contribution in [0.4, 0.5) is 0 Å². The lowest BCUT2D eigenvalue weighted by molar-refractivity contribution is 0.0996. The van der Waals surface area contributed by atoms with E-state index < -0.39 is 0 Å². The second-order valence-electron chi connectivity index (χ2n) is 4.82. The van der Waals surface area contributed by atoms with Crippen LogP contribution in [-0.4, -0.2) is 24.3 Å². The first-order chi connectivity index (χ1) is 9.33. The number of hydrogen-bond acceptors (Lipinski definition) is 5. The molecule has 1 saturated heterocycles. The number of nitrogens with one attached hydrogen (secondary N) is 1. The van der Waals surface area contributed by atoms with E-state index in [2.05, 4.69) is 10.4 Å². The van der Waals surface area contributed by atoms with Crippen LogP contribution in [0.1, 0.15) is 44.2 Å². The van der Waals surface area contributed by atoms with Crippen LogP contribution in [-0.2, 0) is 4.74 Å². The zero-order valence-corrected chi connectivity index (χ0v) is 11.5. The van der Waals surface area contributed by atoms with E-state index in [9.17, 15) is 0 Å². The molecule has 2 unspecified atom stereocenters. The van der Waals surface area contributed by atoms with Gasteiger partial charge in [-0.15, -0.1) is 0 Å². The summed E-state index contributed by atoms with van der Waals surface area (Å²) < 4.78 is 11.1. The molecule has 1 aliphatic heterocycles. The van der Waals surface area contributed by atoms with E-state index in [1.54, 1.807) is 6.20 Å². The average molecular weight is 265 g/mol. The van der Waals surface area contributed by atoms with Gasteiger partial charge in [-0.2, -0.15) is 0 Å². The van der Waals surface area contributed by atoms with Crippen molar-refractivity contribution >= 4 is 0 Å². The molecule has 0 aliphatic carbocycles. The Morgan fingerprint density at radius 3 is 3.16 bits per heavy atom. The molecule has 2 heterocycles. The summed E-state index contributed by atoms with van der Waals surface area (Å²) in [5, 5.41) is 0. The summed E-state index contributed by atoms with van der Waals surface area (Å²) in [5.41, 5.74) is 3.92. The Morgan fingerprint density at radius 2 is 2.47 bits per heavy atom. The van der Waals surface area contributed by atoms with Crippen molar-refractivity contribution in [2.24, 2.45) is 5.84 Å². The fourth-order valence-electron chi connectivity index (χ4n) is 2.44. The second kappa shape index (κ2) is 7.43. The highest BCUT2D eigenvalue weighted by molar-refractivity contribution is 5.25. The third-order valence-electron chi connectivity index (χ3n) is 3.45. The molecule has 106 valence electrons. The van der Waals surface area contributed by atoms with Gasteiger partial charge in [-0.25, -0.2) is 0 Å². The van der Waals surface area contributed by atoms with Crippen molar-refractivity contribution in [2.75, 3.05) is 13.2 Å². The Labute approximate surface area is 114 Å². The summed E-state index contributed by atoms with van der Waals surface area (Å²) >= 11 is 0. The van der Waals surface area contributed by atoms with Gasteiger partial charge in [-0.1, -0.05) is 0 Å². The van der Waals surface area contributed by atoms with Crippen molar-refractivity contribution < 1.29 is 9.47 Å². The molecule has 2 rings (SSSR count). The molecule has 1 aliphatic rings. The maximum absolute atomic E-state index is 5.65. The van der Waals surface area contributed by atoms with E-state index in [1.807, 2.05) is 19.2 Å². The van der Waals surface area contributed by atoms with Gasteiger partial charge in [0.15, 0.2) is 0 Å². The predicted molar refractivity (Wildman–Crippen MR) is 73.7 cm³/mol. The SMILES string of the molecule is CCOc1cncc(C(CCC2CCCO2)NN)c1. The molecule has 0 saturated carbocycles. The highest BCUT2D eigenvalue weighted by atomic mass is 16.5. The highest BCUT2D eigenvalue weighted by Crippen LogP contribution is 2.25. The standard InChI is InChI=1S/C14H23N3O2/c1-2-18-13-8-11(9-16-10-13)14(17-15)6-5-12-4-3-7-19-12/h8-10,12,14,17H,2-7,15H2,1H3. The summed E-state index contributed by atoms with van der Waals surface area (Å²) in [7, 11) is 0. The van der Waals surface area contributed by atoms with Crippen molar-refractivity contribution in [3.63, 3.8) is 0 Å². The lowest BCUT2D eigenvalue weighted by atomic mass is 10.0. The van der Waals surface area contributed by atoms with Gasteiger partial charge < -0.3 is 9.47 Å². The van der Waals surface area contributed by atoms with Crippen LogP contribution in [0.2, 0.25) is 0 Å². The Kier molecular flexibility index (Phi) is 5.57. The lowest BCUT2D eigenvalue weighted by Crippen LogP contribution is -2.29. The van der Waals surface area contributed by atoms with Gasteiger partial charge in [0, 0.05) is 18.8 Å². The minimum absolute atomic E-state index is 0.0945. The van der Waals surface area contributed by atoms with Gasteiger partial charge in [0.2, 0.25) is 0 Å². The van der Waals surface area contributed by atoms with Crippen LogP contribution in [0.3, 0.4) is 0 Å². The average Bonchev–Trinajstić information content (AvgIpc) is 2.94. The summed E-state index contributed by atoms with van der Waals surface area (Å²) in [5.74, 6) is 6.44.